The minimum atomic E-state index is -0.207. The van der Waals surface area contributed by atoms with Gasteiger partial charge in [-0.15, -0.1) is 0 Å². The molecule has 22 heavy (non-hydrogen) atoms. The van der Waals surface area contributed by atoms with E-state index in [2.05, 4.69) is 17.0 Å². The first-order chi connectivity index (χ1) is 10.7. The Balaban J connectivity index is 1.79. The molecule has 0 radical (unpaired) electrons. The Kier molecular flexibility index (Phi) is 4.46. The van der Waals surface area contributed by atoms with Gasteiger partial charge in [0.1, 0.15) is 6.04 Å². The predicted octanol–water partition coefficient (Wildman–Crippen LogP) is 3.83. The van der Waals surface area contributed by atoms with Crippen LogP contribution in [0.2, 0.25) is 5.02 Å². The Morgan fingerprint density at radius 2 is 1.82 bits per heavy atom. The molecule has 0 amide bonds. The minimum absolute atomic E-state index is 0.0662. The summed E-state index contributed by atoms with van der Waals surface area (Å²) >= 11 is 5.95. The molecule has 2 aromatic rings. The van der Waals surface area contributed by atoms with Gasteiger partial charge >= 0.3 is 5.97 Å². The number of benzene rings is 2. The summed E-state index contributed by atoms with van der Waals surface area (Å²) in [4.78, 5) is 14.3. The van der Waals surface area contributed by atoms with Gasteiger partial charge in [0.25, 0.3) is 0 Å². The standard InChI is InChI=1S/C18H18ClNO2/c1-2-22-18(21)17-16(14-8-10-15(19)11-9-14)20(17)12-13-6-4-3-5-7-13/h3-11,16-17H,2,12H2,1H3/t16-,17+,20?/m1/s1. The zero-order valence-corrected chi connectivity index (χ0v) is 13.2. The lowest BCUT2D eigenvalue weighted by atomic mass is 10.1. The van der Waals surface area contributed by atoms with Crippen molar-refractivity contribution in [2.45, 2.75) is 25.6 Å². The molecule has 3 atom stereocenters. The van der Waals surface area contributed by atoms with Crippen LogP contribution in [0.15, 0.2) is 54.6 Å². The molecular formula is C18H18ClNO2. The van der Waals surface area contributed by atoms with Crippen LogP contribution in [-0.4, -0.2) is 23.5 Å². The normalized spacial score (nSPS) is 23.1. The molecule has 4 heteroatoms. The second-order valence-corrected chi connectivity index (χ2v) is 5.79. The molecule has 2 aromatic carbocycles. The number of hydrogen-bond donors (Lipinski definition) is 0. The SMILES string of the molecule is CCOC(=O)[C@@H]1[C@@H](c2ccc(Cl)cc2)N1Cc1ccccc1. The first kappa shape index (κ1) is 15.1. The molecule has 3 nitrogen and oxygen atoms in total. The molecule has 0 saturated carbocycles. The minimum Gasteiger partial charge on any atom is -0.465 e. The number of ether oxygens (including phenoxy) is 1. The fourth-order valence-corrected chi connectivity index (χ4v) is 2.92. The molecule has 0 spiro atoms. The lowest BCUT2D eigenvalue weighted by Crippen LogP contribution is -2.16. The second kappa shape index (κ2) is 6.51. The average Bonchev–Trinajstić information content (AvgIpc) is 3.23. The Morgan fingerprint density at radius 1 is 1.14 bits per heavy atom. The second-order valence-electron chi connectivity index (χ2n) is 5.35. The van der Waals surface area contributed by atoms with E-state index < -0.39 is 0 Å². The summed E-state index contributed by atoms with van der Waals surface area (Å²) < 4.78 is 5.20. The van der Waals surface area contributed by atoms with Crippen LogP contribution in [0.4, 0.5) is 0 Å². The highest BCUT2D eigenvalue weighted by atomic mass is 35.5. The van der Waals surface area contributed by atoms with Crippen molar-refractivity contribution in [3.63, 3.8) is 0 Å². The van der Waals surface area contributed by atoms with E-state index in [0.717, 1.165) is 12.1 Å². The number of carbonyl (C=O) groups excluding carboxylic acids is 1. The maximum atomic E-state index is 12.2. The fourth-order valence-electron chi connectivity index (χ4n) is 2.79. The topological polar surface area (TPSA) is 29.3 Å². The maximum Gasteiger partial charge on any atom is 0.325 e. The summed E-state index contributed by atoms with van der Waals surface area (Å²) in [5.41, 5.74) is 2.28. The number of hydrogen-bond acceptors (Lipinski definition) is 3. The van der Waals surface area contributed by atoms with Gasteiger partial charge in [0.05, 0.1) is 12.6 Å². The highest BCUT2D eigenvalue weighted by molar-refractivity contribution is 6.30. The molecule has 1 aliphatic heterocycles. The van der Waals surface area contributed by atoms with Crippen LogP contribution in [0.1, 0.15) is 24.1 Å². The third-order valence-electron chi connectivity index (χ3n) is 3.87. The van der Waals surface area contributed by atoms with Crippen LogP contribution in [0.3, 0.4) is 0 Å². The van der Waals surface area contributed by atoms with Crippen LogP contribution in [0.25, 0.3) is 0 Å². The zero-order valence-electron chi connectivity index (χ0n) is 12.4. The smallest absolute Gasteiger partial charge is 0.325 e. The average molecular weight is 316 g/mol. The Labute approximate surface area is 135 Å². The number of nitrogens with zero attached hydrogens (tertiary/aromatic N) is 1. The van der Waals surface area contributed by atoms with Gasteiger partial charge in [0.2, 0.25) is 0 Å². The number of halogens is 1. The van der Waals surface area contributed by atoms with Crippen LogP contribution in [-0.2, 0) is 16.1 Å². The van der Waals surface area contributed by atoms with E-state index >= 15 is 0 Å². The van der Waals surface area contributed by atoms with Crippen molar-refractivity contribution in [2.75, 3.05) is 6.61 Å². The highest BCUT2D eigenvalue weighted by Crippen LogP contribution is 2.45. The first-order valence-electron chi connectivity index (χ1n) is 7.42. The lowest BCUT2D eigenvalue weighted by molar-refractivity contribution is -0.143. The van der Waals surface area contributed by atoms with Crippen molar-refractivity contribution < 1.29 is 9.53 Å². The van der Waals surface area contributed by atoms with Crippen molar-refractivity contribution in [2.24, 2.45) is 0 Å². The molecule has 0 bridgehead atoms. The Morgan fingerprint density at radius 3 is 2.45 bits per heavy atom. The van der Waals surface area contributed by atoms with Gasteiger partial charge in [-0.2, -0.15) is 0 Å². The van der Waals surface area contributed by atoms with Gasteiger partial charge < -0.3 is 4.74 Å². The Hall–Kier alpha value is -1.84. The van der Waals surface area contributed by atoms with Gasteiger partial charge in [0.15, 0.2) is 0 Å². The largest absolute Gasteiger partial charge is 0.465 e. The lowest BCUT2D eigenvalue weighted by Gasteiger charge is -2.04. The van der Waals surface area contributed by atoms with E-state index in [4.69, 9.17) is 16.3 Å². The Bertz CT molecular complexity index is 642. The van der Waals surface area contributed by atoms with Crippen molar-refractivity contribution >= 4 is 17.6 Å². The van der Waals surface area contributed by atoms with E-state index in [1.54, 1.807) is 0 Å². The fraction of sp³-hybridized carbons (Fsp3) is 0.278. The van der Waals surface area contributed by atoms with Gasteiger partial charge in [-0.05, 0) is 30.2 Å². The van der Waals surface area contributed by atoms with Crippen molar-refractivity contribution in [1.82, 2.24) is 4.90 Å². The molecule has 0 aromatic heterocycles. The summed E-state index contributed by atoms with van der Waals surface area (Å²) in [5.74, 6) is -0.154. The molecule has 114 valence electrons. The van der Waals surface area contributed by atoms with Crippen molar-refractivity contribution in [1.29, 1.82) is 0 Å². The molecule has 1 fully saturated rings. The van der Waals surface area contributed by atoms with Gasteiger partial charge in [-0.25, -0.2) is 0 Å². The van der Waals surface area contributed by atoms with E-state index in [1.807, 2.05) is 49.4 Å². The van der Waals surface area contributed by atoms with E-state index in [1.165, 1.54) is 5.56 Å². The zero-order chi connectivity index (χ0) is 15.5. The van der Waals surface area contributed by atoms with Crippen LogP contribution in [0, 0.1) is 0 Å². The van der Waals surface area contributed by atoms with Crippen LogP contribution >= 0.6 is 11.6 Å². The third kappa shape index (κ3) is 3.16. The summed E-state index contributed by atoms with van der Waals surface area (Å²) in [5, 5.41) is 0.701. The van der Waals surface area contributed by atoms with Crippen molar-refractivity contribution in [3.8, 4) is 0 Å². The van der Waals surface area contributed by atoms with Crippen LogP contribution < -0.4 is 0 Å². The van der Waals surface area contributed by atoms with Gasteiger partial charge in [0, 0.05) is 11.6 Å². The monoisotopic (exact) mass is 315 g/mol. The molecule has 3 rings (SSSR count). The third-order valence-corrected chi connectivity index (χ3v) is 4.12. The highest BCUT2D eigenvalue weighted by Gasteiger charge is 2.54. The summed E-state index contributed by atoms with van der Waals surface area (Å²) in [6.07, 6.45) is 0. The number of rotatable bonds is 5. The first-order valence-corrected chi connectivity index (χ1v) is 7.80. The summed E-state index contributed by atoms with van der Waals surface area (Å²) in [6, 6.07) is 17.7. The maximum absolute atomic E-state index is 12.2. The predicted molar refractivity (Wildman–Crippen MR) is 86.6 cm³/mol. The molecule has 0 N–H and O–H groups in total. The van der Waals surface area contributed by atoms with Crippen LogP contribution in [0.5, 0.6) is 0 Å². The summed E-state index contributed by atoms with van der Waals surface area (Å²) in [6.45, 7) is 2.97. The number of esters is 1. The molecule has 1 unspecified atom stereocenters. The van der Waals surface area contributed by atoms with E-state index in [9.17, 15) is 4.79 Å². The summed E-state index contributed by atoms with van der Waals surface area (Å²) in [7, 11) is 0. The molecular weight excluding hydrogens is 298 g/mol. The van der Waals surface area contributed by atoms with Crippen molar-refractivity contribution in [3.05, 3.63) is 70.7 Å². The number of carbonyl (C=O) groups is 1. The molecule has 1 heterocycles. The molecule has 1 aliphatic rings. The quantitative estimate of drug-likeness (QED) is 0.620. The molecule has 0 aliphatic carbocycles. The van der Waals surface area contributed by atoms with Gasteiger partial charge in [-0.1, -0.05) is 54.1 Å². The van der Waals surface area contributed by atoms with E-state index in [0.29, 0.717) is 11.6 Å². The van der Waals surface area contributed by atoms with E-state index in [-0.39, 0.29) is 18.1 Å². The molecule has 1 saturated heterocycles. The van der Waals surface area contributed by atoms with Gasteiger partial charge in [-0.3, -0.25) is 9.69 Å².